The van der Waals surface area contributed by atoms with Crippen molar-refractivity contribution in [3.05, 3.63) is 148 Å². The van der Waals surface area contributed by atoms with Crippen LogP contribution in [0.25, 0.3) is 11.1 Å². The summed E-state index contributed by atoms with van der Waals surface area (Å²) in [6.07, 6.45) is 0.647. The maximum atomic E-state index is 14.5. The van der Waals surface area contributed by atoms with E-state index < -0.39 is 72.3 Å². The van der Waals surface area contributed by atoms with Gasteiger partial charge >= 0.3 is 5.97 Å². The van der Waals surface area contributed by atoms with Crippen LogP contribution in [0.4, 0.5) is 0 Å². The SMILES string of the molecule is C[C@@H](NC(=O)[C@@H]1Cc2ccc(cc2)OCC(=O)NC(Cc2cccs2)C(=O)N[C@@H](Cc2ccc(-c3ccccc3)cc2)C(=O)N[C@H](CCc2ccccc2)C(=O)N1)C(=O)O. The molecule has 2 bridgehead atoms. The maximum absolute atomic E-state index is 14.5. The number of carbonyl (C=O) groups is 6. The standard InChI is InChI=1S/C46H47N5O8S/c1-29(46(57)58)47-43(54)38-26-32-16-21-35(22-17-32)59-28-41(52)48-40(27-36-13-8-24-60-36)45(56)51-39(25-31-14-19-34(20-15-31)33-11-6-3-7-12-33)44(55)49-37(42(53)50-38)23-18-30-9-4-2-5-10-30/h2-17,19-22,24,29,37-40H,18,23,25-28H2,1H3,(H,47,54)(H,48,52)(H,49,55)(H,50,53)(H,51,56)(H,57,58)/t29-,37-,38+,39+,40?/m1/s1. The van der Waals surface area contributed by atoms with Gasteiger partial charge in [0.25, 0.3) is 5.91 Å². The number of nitrogens with one attached hydrogen (secondary N) is 5. The first kappa shape index (κ1) is 42.8. The normalized spacial score (nSPS) is 19.5. The number of benzene rings is 4. The minimum absolute atomic E-state index is 0.0356. The lowest BCUT2D eigenvalue weighted by atomic mass is 9.99. The number of ether oxygens (including phenoxy) is 1. The fourth-order valence-corrected chi connectivity index (χ4v) is 7.47. The highest BCUT2D eigenvalue weighted by Gasteiger charge is 2.33. The summed E-state index contributed by atoms with van der Waals surface area (Å²) in [6, 6.07) is 31.0. The molecule has 0 aliphatic carbocycles. The summed E-state index contributed by atoms with van der Waals surface area (Å²) in [6.45, 7) is 0.897. The second-order valence-electron chi connectivity index (χ2n) is 14.6. The van der Waals surface area contributed by atoms with Gasteiger partial charge in [-0.3, -0.25) is 28.8 Å². The highest BCUT2D eigenvalue weighted by Crippen LogP contribution is 2.21. The molecule has 0 saturated carbocycles. The van der Waals surface area contributed by atoms with Gasteiger partial charge in [-0.25, -0.2) is 0 Å². The molecule has 4 aromatic carbocycles. The smallest absolute Gasteiger partial charge is 0.325 e. The number of fused-ring (bicyclic) bond motifs is 16. The Morgan fingerprint density at radius 2 is 1.32 bits per heavy atom. The Morgan fingerprint density at radius 3 is 1.97 bits per heavy atom. The van der Waals surface area contributed by atoms with Crippen LogP contribution in [0.15, 0.2) is 127 Å². The molecule has 13 nitrogen and oxygen atoms in total. The van der Waals surface area contributed by atoms with Gasteiger partial charge in [0.15, 0.2) is 6.61 Å². The monoisotopic (exact) mass is 829 g/mol. The predicted molar refractivity (Wildman–Crippen MR) is 227 cm³/mol. The number of amides is 5. The Balaban J connectivity index is 1.35. The van der Waals surface area contributed by atoms with Crippen LogP contribution in [0, 0.1) is 0 Å². The summed E-state index contributed by atoms with van der Waals surface area (Å²) >= 11 is 1.42. The first-order valence-electron chi connectivity index (χ1n) is 19.7. The summed E-state index contributed by atoms with van der Waals surface area (Å²) in [4.78, 5) is 82.4. The summed E-state index contributed by atoms with van der Waals surface area (Å²) in [5, 5.41) is 25.1. The second kappa shape index (κ2) is 20.8. The summed E-state index contributed by atoms with van der Waals surface area (Å²) in [7, 11) is 0. The second-order valence-corrected chi connectivity index (χ2v) is 15.6. The molecule has 1 unspecified atom stereocenters. The van der Waals surface area contributed by atoms with Crippen LogP contribution in [0.1, 0.15) is 34.9 Å². The van der Waals surface area contributed by atoms with Crippen LogP contribution in [-0.2, 0) is 54.5 Å². The van der Waals surface area contributed by atoms with Crippen molar-refractivity contribution in [2.75, 3.05) is 6.61 Å². The van der Waals surface area contributed by atoms with Crippen molar-refractivity contribution in [1.82, 2.24) is 26.6 Å². The molecule has 0 spiro atoms. The maximum Gasteiger partial charge on any atom is 0.325 e. The fourth-order valence-electron chi connectivity index (χ4n) is 6.72. The summed E-state index contributed by atoms with van der Waals surface area (Å²) < 4.78 is 5.74. The van der Waals surface area contributed by atoms with E-state index in [0.29, 0.717) is 17.7 Å². The van der Waals surface area contributed by atoms with Gasteiger partial charge in [-0.05, 0) is 71.2 Å². The first-order valence-corrected chi connectivity index (χ1v) is 20.5. The molecular formula is C46H47N5O8S. The highest BCUT2D eigenvalue weighted by molar-refractivity contribution is 7.09. The van der Waals surface area contributed by atoms with Crippen LogP contribution in [0.3, 0.4) is 0 Å². The van der Waals surface area contributed by atoms with E-state index in [1.165, 1.54) is 18.3 Å². The van der Waals surface area contributed by atoms with E-state index in [4.69, 9.17) is 4.74 Å². The van der Waals surface area contributed by atoms with Gasteiger partial charge < -0.3 is 36.4 Å². The number of rotatable bonds is 11. The molecule has 310 valence electrons. The molecule has 14 heteroatoms. The van der Waals surface area contributed by atoms with Crippen molar-refractivity contribution in [3.63, 3.8) is 0 Å². The van der Waals surface area contributed by atoms with E-state index in [9.17, 15) is 33.9 Å². The molecule has 7 rings (SSSR count). The van der Waals surface area contributed by atoms with Crippen molar-refractivity contribution in [2.45, 2.75) is 69.2 Å². The van der Waals surface area contributed by atoms with Gasteiger partial charge in [-0.2, -0.15) is 0 Å². The molecule has 0 radical (unpaired) electrons. The van der Waals surface area contributed by atoms with Gasteiger partial charge in [0, 0.05) is 24.1 Å². The van der Waals surface area contributed by atoms with Gasteiger partial charge in [-0.15, -0.1) is 11.3 Å². The van der Waals surface area contributed by atoms with E-state index in [0.717, 1.165) is 27.1 Å². The van der Waals surface area contributed by atoms with Gasteiger partial charge in [0.2, 0.25) is 23.6 Å². The van der Waals surface area contributed by atoms with Crippen LogP contribution in [0.5, 0.6) is 5.75 Å². The average molecular weight is 830 g/mol. The number of hydrogen-bond acceptors (Lipinski definition) is 8. The molecule has 5 aromatic rings. The fraction of sp³-hybridized carbons (Fsp3) is 0.261. The molecule has 1 aromatic heterocycles. The third kappa shape index (κ3) is 12.4. The Labute approximate surface area is 351 Å². The molecule has 0 saturated heterocycles. The van der Waals surface area contributed by atoms with Crippen molar-refractivity contribution in [3.8, 4) is 16.9 Å². The third-order valence-electron chi connectivity index (χ3n) is 10.1. The quantitative estimate of drug-likeness (QED) is 0.108. The zero-order valence-corrected chi connectivity index (χ0v) is 33.8. The van der Waals surface area contributed by atoms with Gasteiger partial charge in [0.1, 0.15) is 36.0 Å². The van der Waals surface area contributed by atoms with E-state index in [1.807, 2.05) is 102 Å². The molecule has 5 atom stereocenters. The van der Waals surface area contributed by atoms with Crippen LogP contribution in [0.2, 0.25) is 0 Å². The highest BCUT2D eigenvalue weighted by atomic mass is 32.1. The van der Waals surface area contributed by atoms with Gasteiger partial charge in [-0.1, -0.05) is 103 Å². The van der Waals surface area contributed by atoms with Gasteiger partial charge in [0.05, 0.1) is 0 Å². The van der Waals surface area contributed by atoms with Crippen LogP contribution in [-0.4, -0.2) is 77.4 Å². The summed E-state index contributed by atoms with van der Waals surface area (Å²) in [5.41, 5.74) is 4.18. The Hall–Kier alpha value is -6.80. The lowest BCUT2D eigenvalue weighted by Crippen LogP contribution is -2.59. The minimum atomic E-state index is -1.26. The molecule has 5 amide bonds. The number of carboxylic acid groups (broad SMARTS) is 1. The molecule has 60 heavy (non-hydrogen) atoms. The predicted octanol–water partition coefficient (Wildman–Crippen LogP) is 4.00. The molecule has 3 heterocycles. The third-order valence-corrected chi connectivity index (χ3v) is 11.0. The van der Waals surface area contributed by atoms with Crippen molar-refractivity contribution in [1.29, 1.82) is 0 Å². The molecule has 2 aliphatic heterocycles. The lowest BCUT2D eigenvalue weighted by molar-refractivity contribution is -0.141. The van der Waals surface area contributed by atoms with E-state index in [1.54, 1.807) is 24.3 Å². The lowest BCUT2D eigenvalue weighted by Gasteiger charge is -2.27. The van der Waals surface area contributed by atoms with E-state index in [2.05, 4.69) is 26.6 Å². The molecule has 2 aliphatic rings. The molecular weight excluding hydrogens is 783 g/mol. The zero-order chi connectivity index (χ0) is 42.4. The number of carbonyl (C=O) groups excluding carboxylic acids is 5. The summed E-state index contributed by atoms with van der Waals surface area (Å²) in [5.74, 6) is -4.19. The largest absolute Gasteiger partial charge is 0.484 e. The van der Waals surface area contributed by atoms with Crippen molar-refractivity contribution in [2.24, 2.45) is 0 Å². The Morgan fingerprint density at radius 1 is 0.700 bits per heavy atom. The van der Waals surface area contributed by atoms with E-state index >= 15 is 0 Å². The topological polar surface area (TPSA) is 192 Å². The Kier molecular flexibility index (Phi) is 14.8. The number of hydrogen-bond donors (Lipinski definition) is 6. The average Bonchev–Trinajstić information content (AvgIpc) is 3.78. The van der Waals surface area contributed by atoms with Crippen LogP contribution < -0.4 is 31.3 Å². The van der Waals surface area contributed by atoms with Crippen LogP contribution >= 0.6 is 11.3 Å². The number of carboxylic acids is 1. The van der Waals surface area contributed by atoms with Crippen molar-refractivity contribution >= 4 is 46.8 Å². The molecule has 6 N–H and O–H groups in total. The first-order chi connectivity index (χ1) is 29.0. The van der Waals surface area contributed by atoms with Crippen molar-refractivity contribution < 1.29 is 38.6 Å². The van der Waals surface area contributed by atoms with E-state index in [-0.39, 0.29) is 25.7 Å². The molecule has 0 fully saturated rings. The number of aliphatic carboxylic acids is 1. The minimum Gasteiger partial charge on any atom is -0.484 e. The Bertz CT molecular complexity index is 2240. The number of aryl methyl sites for hydroxylation is 1. The zero-order valence-electron chi connectivity index (χ0n) is 33.0. The number of thiophene rings is 1.